The molecule has 0 bridgehead atoms. The lowest BCUT2D eigenvalue weighted by Gasteiger charge is -2.16. The molecule has 1 atom stereocenters. The molecule has 0 unspecified atom stereocenters. The van der Waals surface area contributed by atoms with Crippen molar-refractivity contribution in [2.45, 2.75) is 39.2 Å². The summed E-state index contributed by atoms with van der Waals surface area (Å²) < 4.78 is 5.97. The summed E-state index contributed by atoms with van der Waals surface area (Å²) in [7, 11) is 0. The summed E-state index contributed by atoms with van der Waals surface area (Å²) in [6, 6.07) is 9.52. The second kappa shape index (κ2) is 6.24. The molecule has 6 nitrogen and oxygen atoms in total. The number of benzene rings is 1. The van der Waals surface area contributed by atoms with Crippen LogP contribution in [0.1, 0.15) is 50.7 Å². The molecule has 0 spiro atoms. The van der Waals surface area contributed by atoms with Crippen LogP contribution in [0.5, 0.6) is 5.75 Å². The average molecular weight is 312 g/mol. The van der Waals surface area contributed by atoms with E-state index in [9.17, 15) is 4.79 Å². The van der Waals surface area contributed by atoms with E-state index >= 15 is 0 Å². The molecule has 0 aliphatic rings. The Morgan fingerprint density at radius 3 is 2.57 bits per heavy atom. The van der Waals surface area contributed by atoms with Gasteiger partial charge in [-0.05, 0) is 24.5 Å². The molecule has 0 fully saturated rings. The summed E-state index contributed by atoms with van der Waals surface area (Å²) in [5.41, 5.74) is 1.58. The van der Waals surface area contributed by atoms with Crippen LogP contribution in [0.2, 0.25) is 0 Å². The zero-order valence-electron chi connectivity index (χ0n) is 13.5. The first-order valence-electron chi connectivity index (χ1n) is 7.80. The number of para-hydroxylation sites is 1. The Labute approximate surface area is 133 Å². The van der Waals surface area contributed by atoms with E-state index in [1.54, 1.807) is 0 Å². The number of aromatic nitrogens is 4. The first kappa shape index (κ1) is 15.3. The van der Waals surface area contributed by atoms with E-state index in [2.05, 4.69) is 20.2 Å². The van der Waals surface area contributed by atoms with Gasteiger partial charge in [0.2, 0.25) is 0 Å². The Morgan fingerprint density at radius 2 is 1.91 bits per heavy atom. The highest BCUT2D eigenvalue weighted by Gasteiger charge is 2.19. The van der Waals surface area contributed by atoms with Crippen LogP contribution in [0.3, 0.4) is 0 Å². The maximum atomic E-state index is 12.3. The highest BCUT2D eigenvalue weighted by molar-refractivity contribution is 5.76. The van der Waals surface area contributed by atoms with Gasteiger partial charge in [-0.25, -0.2) is 4.98 Å². The van der Waals surface area contributed by atoms with Crippen molar-refractivity contribution < 1.29 is 4.74 Å². The molecule has 1 aromatic carbocycles. The van der Waals surface area contributed by atoms with Gasteiger partial charge in [-0.3, -0.25) is 9.89 Å². The second-order valence-corrected chi connectivity index (χ2v) is 5.77. The van der Waals surface area contributed by atoms with Gasteiger partial charge in [-0.15, -0.1) is 0 Å². The van der Waals surface area contributed by atoms with E-state index in [4.69, 9.17) is 4.74 Å². The van der Waals surface area contributed by atoms with Gasteiger partial charge >= 0.3 is 0 Å². The van der Waals surface area contributed by atoms with Crippen LogP contribution in [-0.2, 0) is 0 Å². The molecule has 120 valence electrons. The number of hydrogen-bond donors (Lipinski definition) is 2. The number of ether oxygens (including phenoxy) is 1. The number of nitrogens with zero attached hydrogens (tertiary/aromatic N) is 2. The molecule has 0 aliphatic heterocycles. The van der Waals surface area contributed by atoms with Crippen molar-refractivity contribution in [3.05, 3.63) is 52.2 Å². The third kappa shape index (κ3) is 2.97. The predicted octanol–water partition coefficient (Wildman–Crippen LogP) is 3.30. The molecule has 0 aliphatic carbocycles. The van der Waals surface area contributed by atoms with E-state index in [-0.39, 0.29) is 17.6 Å². The lowest BCUT2D eigenvalue weighted by Crippen LogP contribution is -2.18. The summed E-state index contributed by atoms with van der Waals surface area (Å²) in [5.74, 6) is 1.48. The van der Waals surface area contributed by atoms with Crippen LogP contribution in [0, 0.1) is 0 Å². The number of hydrogen-bond acceptors (Lipinski definition) is 4. The summed E-state index contributed by atoms with van der Waals surface area (Å²) in [6.07, 6.45) is 0.377. The third-order valence-corrected chi connectivity index (χ3v) is 3.73. The minimum absolute atomic E-state index is 0.206. The molecule has 2 heterocycles. The summed E-state index contributed by atoms with van der Waals surface area (Å²) >= 11 is 0. The molecule has 3 rings (SSSR count). The van der Waals surface area contributed by atoms with Gasteiger partial charge in [-0.1, -0.05) is 39.0 Å². The fraction of sp³-hybridized carbons (Fsp3) is 0.353. The molecular formula is C17H20N4O2. The average Bonchev–Trinajstić information content (AvgIpc) is 2.98. The fourth-order valence-corrected chi connectivity index (χ4v) is 2.50. The van der Waals surface area contributed by atoms with E-state index in [1.165, 1.54) is 0 Å². The lowest BCUT2D eigenvalue weighted by molar-refractivity contribution is 0.191. The van der Waals surface area contributed by atoms with E-state index < -0.39 is 0 Å². The quantitative estimate of drug-likeness (QED) is 0.757. The number of rotatable bonds is 5. The van der Waals surface area contributed by atoms with Crippen LogP contribution in [-0.4, -0.2) is 20.2 Å². The molecule has 2 aromatic heterocycles. The normalized spacial score (nSPS) is 12.7. The molecule has 0 saturated heterocycles. The topological polar surface area (TPSA) is 83.7 Å². The van der Waals surface area contributed by atoms with Crippen LogP contribution in [0.25, 0.3) is 11.0 Å². The summed E-state index contributed by atoms with van der Waals surface area (Å²) in [6.45, 7) is 6.07. The first-order chi connectivity index (χ1) is 11.1. The first-order valence-corrected chi connectivity index (χ1v) is 7.80. The molecular weight excluding hydrogens is 292 g/mol. The largest absolute Gasteiger partial charge is 0.483 e. The molecule has 23 heavy (non-hydrogen) atoms. The van der Waals surface area contributed by atoms with Gasteiger partial charge in [0.1, 0.15) is 11.3 Å². The monoisotopic (exact) mass is 312 g/mol. The Balaban J connectivity index is 2.03. The molecule has 2 N–H and O–H groups in total. The zero-order chi connectivity index (χ0) is 16.4. The van der Waals surface area contributed by atoms with Gasteiger partial charge in [-0.2, -0.15) is 5.10 Å². The third-order valence-electron chi connectivity index (χ3n) is 3.73. The van der Waals surface area contributed by atoms with Gasteiger partial charge < -0.3 is 9.72 Å². The summed E-state index contributed by atoms with van der Waals surface area (Å²) in [4.78, 5) is 19.7. The van der Waals surface area contributed by atoms with Crippen molar-refractivity contribution in [1.29, 1.82) is 0 Å². The van der Waals surface area contributed by atoms with Crippen LogP contribution in [0.15, 0.2) is 35.1 Å². The predicted molar refractivity (Wildman–Crippen MR) is 88.7 cm³/mol. The number of nitrogens with one attached hydrogen (secondary N) is 2. The number of H-pyrrole nitrogens is 2. The number of fused-ring (bicyclic) bond motifs is 1. The van der Waals surface area contributed by atoms with E-state index in [1.807, 2.05) is 51.1 Å². The second-order valence-electron chi connectivity index (χ2n) is 5.77. The maximum absolute atomic E-state index is 12.3. The van der Waals surface area contributed by atoms with Gasteiger partial charge in [0.15, 0.2) is 17.4 Å². The van der Waals surface area contributed by atoms with Crippen molar-refractivity contribution in [3.63, 3.8) is 0 Å². The zero-order valence-corrected chi connectivity index (χ0v) is 13.5. The highest BCUT2D eigenvalue weighted by Crippen LogP contribution is 2.24. The minimum Gasteiger partial charge on any atom is -0.483 e. The Kier molecular flexibility index (Phi) is 4.14. The van der Waals surface area contributed by atoms with Gasteiger partial charge in [0.05, 0.1) is 5.69 Å². The molecule has 6 heteroatoms. The fourth-order valence-electron chi connectivity index (χ4n) is 2.50. The SMILES string of the molecule is CC[C@@H](Oc1ccccc1)c1nc2c(C(C)C)[nH]nc2c(=O)[nH]1. The van der Waals surface area contributed by atoms with E-state index in [0.29, 0.717) is 23.3 Å². The Hall–Kier alpha value is -2.63. The molecule has 3 aromatic rings. The maximum Gasteiger partial charge on any atom is 0.279 e. The van der Waals surface area contributed by atoms with E-state index in [0.717, 1.165) is 11.4 Å². The molecule has 0 saturated carbocycles. The Morgan fingerprint density at radius 1 is 1.17 bits per heavy atom. The van der Waals surface area contributed by atoms with Crippen molar-refractivity contribution in [2.24, 2.45) is 0 Å². The minimum atomic E-state index is -0.315. The lowest BCUT2D eigenvalue weighted by atomic mass is 10.1. The number of aromatic amines is 2. The van der Waals surface area contributed by atoms with Gasteiger partial charge in [0.25, 0.3) is 5.56 Å². The van der Waals surface area contributed by atoms with Gasteiger partial charge in [0, 0.05) is 0 Å². The van der Waals surface area contributed by atoms with Crippen molar-refractivity contribution >= 4 is 11.0 Å². The van der Waals surface area contributed by atoms with Crippen molar-refractivity contribution in [2.75, 3.05) is 0 Å². The standard InChI is InChI=1S/C17H20N4O2/c1-4-12(23-11-8-6-5-7-9-11)16-18-14-13(10(2)3)20-21-15(14)17(22)19-16/h5-10,12H,4H2,1-3H3,(H,20,21)(H,18,19,22)/t12-/m1/s1. The molecule has 0 amide bonds. The molecule has 0 radical (unpaired) electrons. The van der Waals surface area contributed by atoms with Crippen molar-refractivity contribution in [3.8, 4) is 5.75 Å². The van der Waals surface area contributed by atoms with Crippen LogP contribution < -0.4 is 10.3 Å². The van der Waals surface area contributed by atoms with Crippen LogP contribution in [0.4, 0.5) is 0 Å². The van der Waals surface area contributed by atoms with Crippen molar-refractivity contribution in [1.82, 2.24) is 20.2 Å². The summed E-state index contributed by atoms with van der Waals surface area (Å²) in [5, 5.41) is 6.99. The van der Waals surface area contributed by atoms with Crippen LogP contribution >= 0.6 is 0 Å². The Bertz CT molecular complexity index is 852. The smallest absolute Gasteiger partial charge is 0.279 e. The highest BCUT2D eigenvalue weighted by atomic mass is 16.5.